The SMILES string of the molecule is Cc1ccc(N2CC(C(=O)Nc3ccc(C(C)C)c(C)c3)CC2=O)c(C)c1. The molecule has 1 fully saturated rings. The molecule has 1 aliphatic rings. The maximum Gasteiger partial charge on any atom is 0.229 e. The average molecular weight is 364 g/mol. The molecule has 1 unspecified atom stereocenters. The average Bonchev–Trinajstić information content (AvgIpc) is 2.96. The number of aryl methyl sites for hydroxylation is 3. The van der Waals surface area contributed by atoms with E-state index in [0.717, 1.165) is 22.5 Å². The molecule has 0 spiro atoms. The van der Waals surface area contributed by atoms with Crippen LogP contribution in [0.1, 0.15) is 48.4 Å². The maximum atomic E-state index is 12.7. The zero-order valence-corrected chi connectivity index (χ0v) is 16.8. The van der Waals surface area contributed by atoms with Gasteiger partial charge >= 0.3 is 0 Å². The highest BCUT2D eigenvalue weighted by Gasteiger charge is 2.35. The second-order valence-electron chi connectivity index (χ2n) is 7.91. The van der Waals surface area contributed by atoms with Gasteiger partial charge in [0.15, 0.2) is 0 Å². The molecule has 0 aliphatic carbocycles. The fraction of sp³-hybridized carbons (Fsp3) is 0.391. The van der Waals surface area contributed by atoms with Gasteiger partial charge in [-0.3, -0.25) is 9.59 Å². The van der Waals surface area contributed by atoms with Gasteiger partial charge in [-0.15, -0.1) is 0 Å². The van der Waals surface area contributed by atoms with Gasteiger partial charge in [0.2, 0.25) is 11.8 Å². The largest absolute Gasteiger partial charge is 0.326 e. The lowest BCUT2D eigenvalue weighted by atomic mass is 9.97. The predicted octanol–water partition coefficient (Wildman–Crippen LogP) is 4.73. The van der Waals surface area contributed by atoms with Gasteiger partial charge in [0.1, 0.15) is 0 Å². The standard InChI is InChI=1S/C23H28N2O2/c1-14(2)20-8-7-19(11-16(20)4)24-23(27)18-12-22(26)25(13-18)21-9-6-15(3)10-17(21)5/h6-11,14,18H,12-13H2,1-5H3,(H,24,27). The highest BCUT2D eigenvalue weighted by molar-refractivity contribution is 6.03. The summed E-state index contributed by atoms with van der Waals surface area (Å²) in [5, 5.41) is 2.99. The third-order valence-corrected chi connectivity index (χ3v) is 5.30. The Morgan fingerprint density at radius 3 is 2.44 bits per heavy atom. The molecule has 27 heavy (non-hydrogen) atoms. The zero-order valence-electron chi connectivity index (χ0n) is 16.8. The van der Waals surface area contributed by atoms with Crippen molar-refractivity contribution < 1.29 is 9.59 Å². The van der Waals surface area contributed by atoms with E-state index in [1.807, 2.05) is 38.1 Å². The highest BCUT2D eigenvalue weighted by atomic mass is 16.2. The molecule has 3 rings (SSSR count). The Balaban J connectivity index is 1.71. The molecule has 0 bridgehead atoms. The van der Waals surface area contributed by atoms with E-state index in [9.17, 15) is 9.59 Å². The molecule has 1 aliphatic heterocycles. The number of anilines is 2. The second-order valence-corrected chi connectivity index (χ2v) is 7.91. The van der Waals surface area contributed by atoms with Crippen LogP contribution in [0.3, 0.4) is 0 Å². The number of rotatable bonds is 4. The smallest absolute Gasteiger partial charge is 0.229 e. The predicted molar refractivity (Wildman–Crippen MR) is 110 cm³/mol. The van der Waals surface area contributed by atoms with Crippen molar-refractivity contribution in [3.8, 4) is 0 Å². The highest BCUT2D eigenvalue weighted by Crippen LogP contribution is 2.29. The molecular weight excluding hydrogens is 336 g/mol. The van der Waals surface area contributed by atoms with Crippen LogP contribution in [0.5, 0.6) is 0 Å². The molecule has 1 heterocycles. The Labute approximate surface area is 161 Å². The number of nitrogens with one attached hydrogen (secondary N) is 1. The summed E-state index contributed by atoms with van der Waals surface area (Å²) >= 11 is 0. The third kappa shape index (κ3) is 4.05. The second kappa shape index (κ2) is 7.55. The third-order valence-electron chi connectivity index (χ3n) is 5.30. The summed E-state index contributed by atoms with van der Waals surface area (Å²) in [4.78, 5) is 27.0. The Bertz CT molecular complexity index is 886. The minimum absolute atomic E-state index is 0.00781. The minimum Gasteiger partial charge on any atom is -0.326 e. The Hall–Kier alpha value is -2.62. The fourth-order valence-electron chi connectivity index (χ4n) is 3.87. The van der Waals surface area contributed by atoms with Crippen LogP contribution in [-0.2, 0) is 9.59 Å². The summed E-state index contributed by atoms with van der Waals surface area (Å²) in [5.74, 6) is 0.0394. The number of amides is 2. The van der Waals surface area contributed by atoms with Crippen molar-refractivity contribution >= 4 is 23.2 Å². The minimum atomic E-state index is -0.330. The van der Waals surface area contributed by atoms with Crippen molar-refractivity contribution in [3.63, 3.8) is 0 Å². The molecule has 0 aromatic heterocycles. The number of nitrogens with zero attached hydrogens (tertiary/aromatic N) is 1. The lowest BCUT2D eigenvalue weighted by Crippen LogP contribution is -2.28. The van der Waals surface area contributed by atoms with Crippen LogP contribution in [0.25, 0.3) is 0 Å². The molecule has 0 radical (unpaired) electrons. The van der Waals surface area contributed by atoms with E-state index >= 15 is 0 Å². The quantitative estimate of drug-likeness (QED) is 0.853. The van der Waals surface area contributed by atoms with Crippen LogP contribution in [0.15, 0.2) is 36.4 Å². The molecule has 2 amide bonds. The van der Waals surface area contributed by atoms with Gasteiger partial charge in [-0.2, -0.15) is 0 Å². The van der Waals surface area contributed by atoms with Crippen molar-refractivity contribution in [2.75, 3.05) is 16.8 Å². The Morgan fingerprint density at radius 2 is 1.81 bits per heavy atom. The first-order valence-electron chi connectivity index (χ1n) is 9.55. The topological polar surface area (TPSA) is 49.4 Å². The molecule has 1 N–H and O–H groups in total. The Kier molecular flexibility index (Phi) is 5.36. The number of carbonyl (C=O) groups is 2. The number of hydrogen-bond acceptors (Lipinski definition) is 2. The van der Waals surface area contributed by atoms with E-state index in [1.54, 1.807) is 4.90 Å². The molecule has 1 saturated heterocycles. The zero-order chi connectivity index (χ0) is 19.7. The fourth-order valence-corrected chi connectivity index (χ4v) is 3.87. The lowest BCUT2D eigenvalue weighted by Gasteiger charge is -2.19. The van der Waals surface area contributed by atoms with E-state index in [4.69, 9.17) is 0 Å². The monoisotopic (exact) mass is 364 g/mol. The van der Waals surface area contributed by atoms with Crippen molar-refractivity contribution in [2.45, 2.75) is 47.0 Å². The van der Waals surface area contributed by atoms with Crippen LogP contribution in [0, 0.1) is 26.7 Å². The Morgan fingerprint density at radius 1 is 1.07 bits per heavy atom. The number of carbonyl (C=O) groups excluding carboxylic acids is 2. The molecule has 4 nitrogen and oxygen atoms in total. The van der Waals surface area contributed by atoms with Crippen LogP contribution >= 0.6 is 0 Å². The van der Waals surface area contributed by atoms with Crippen LogP contribution in [0.2, 0.25) is 0 Å². The summed E-state index contributed by atoms with van der Waals surface area (Å²) in [6, 6.07) is 12.1. The molecular formula is C23H28N2O2. The van der Waals surface area contributed by atoms with Gasteiger partial charge in [0.25, 0.3) is 0 Å². The molecule has 1 atom stereocenters. The molecule has 2 aromatic rings. The number of hydrogen-bond donors (Lipinski definition) is 1. The first-order valence-corrected chi connectivity index (χ1v) is 9.55. The van der Waals surface area contributed by atoms with E-state index < -0.39 is 0 Å². The van der Waals surface area contributed by atoms with E-state index in [1.165, 1.54) is 11.1 Å². The lowest BCUT2D eigenvalue weighted by molar-refractivity contribution is -0.122. The van der Waals surface area contributed by atoms with Gasteiger partial charge in [-0.1, -0.05) is 37.6 Å². The van der Waals surface area contributed by atoms with Crippen LogP contribution < -0.4 is 10.2 Å². The van der Waals surface area contributed by atoms with Crippen LogP contribution in [-0.4, -0.2) is 18.4 Å². The summed E-state index contributed by atoms with van der Waals surface area (Å²) in [6.45, 7) is 10.8. The van der Waals surface area contributed by atoms with Crippen molar-refractivity contribution in [3.05, 3.63) is 58.7 Å². The normalized spacial score (nSPS) is 16.9. The van der Waals surface area contributed by atoms with Crippen molar-refractivity contribution in [2.24, 2.45) is 5.92 Å². The summed E-state index contributed by atoms with van der Waals surface area (Å²) in [6.07, 6.45) is 0.252. The van der Waals surface area contributed by atoms with Gasteiger partial charge in [-0.25, -0.2) is 0 Å². The van der Waals surface area contributed by atoms with Crippen LogP contribution in [0.4, 0.5) is 11.4 Å². The molecule has 4 heteroatoms. The van der Waals surface area contributed by atoms with Gasteiger partial charge in [0, 0.05) is 24.3 Å². The molecule has 0 saturated carbocycles. The first kappa shape index (κ1) is 19.2. The summed E-state index contributed by atoms with van der Waals surface area (Å²) < 4.78 is 0. The van der Waals surface area contributed by atoms with E-state index in [0.29, 0.717) is 12.5 Å². The summed E-state index contributed by atoms with van der Waals surface area (Å²) in [7, 11) is 0. The maximum absolute atomic E-state index is 12.7. The van der Waals surface area contributed by atoms with E-state index in [2.05, 4.69) is 38.2 Å². The molecule has 142 valence electrons. The van der Waals surface area contributed by atoms with E-state index in [-0.39, 0.29) is 24.2 Å². The summed E-state index contributed by atoms with van der Waals surface area (Å²) in [5.41, 5.74) is 6.37. The van der Waals surface area contributed by atoms with Gasteiger partial charge < -0.3 is 10.2 Å². The van der Waals surface area contributed by atoms with Crippen molar-refractivity contribution in [1.29, 1.82) is 0 Å². The first-order chi connectivity index (χ1) is 12.8. The molecule has 2 aromatic carbocycles. The van der Waals surface area contributed by atoms with Gasteiger partial charge in [0.05, 0.1) is 5.92 Å². The van der Waals surface area contributed by atoms with Crippen molar-refractivity contribution in [1.82, 2.24) is 0 Å². The van der Waals surface area contributed by atoms with Gasteiger partial charge in [-0.05, 0) is 61.6 Å². The number of benzene rings is 2.